The number of aliphatic hydroxyl groups is 1. The van der Waals surface area contributed by atoms with E-state index in [1.807, 2.05) is 6.07 Å². The normalized spacial score (nSPS) is 22.1. The molecule has 2 aliphatic heterocycles. The van der Waals surface area contributed by atoms with Gasteiger partial charge in [-0.25, -0.2) is 4.98 Å². The van der Waals surface area contributed by atoms with Gasteiger partial charge in [0.05, 0.1) is 12.2 Å². The van der Waals surface area contributed by atoms with Crippen LogP contribution in [0.1, 0.15) is 30.1 Å². The van der Waals surface area contributed by atoms with Gasteiger partial charge in [-0.15, -0.1) is 0 Å². The Morgan fingerprint density at radius 1 is 1.24 bits per heavy atom. The minimum atomic E-state index is -0.438. The van der Waals surface area contributed by atoms with E-state index in [1.165, 1.54) is 0 Å². The van der Waals surface area contributed by atoms with Gasteiger partial charge in [-0.05, 0) is 31.9 Å². The summed E-state index contributed by atoms with van der Waals surface area (Å²) in [6.45, 7) is 8.55. The molecule has 0 radical (unpaired) electrons. The second kappa shape index (κ2) is 8.12. The molecule has 2 fully saturated rings. The molecular formula is C18H29N5O2. The largest absolute Gasteiger partial charge is 0.395 e. The molecule has 1 aromatic rings. The van der Waals surface area contributed by atoms with E-state index in [2.05, 4.69) is 26.6 Å². The molecule has 1 atom stereocenters. The van der Waals surface area contributed by atoms with Gasteiger partial charge in [-0.1, -0.05) is 0 Å². The van der Waals surface area contributed by atoms with Crippen LogP contribution in [0.5, 0.6) is 0 Å². The molecule has 2 saturated heterocycles. The summed E-state index contributed by atoms with van der Waals surface area (Å²) in [6.07, 6.45) is 3.83. The topological polar surface area (TPSA) is 85.9 Å². The minimum Gasteiger partial charge on any atom is -0.395 e. The molecule has 1 aromatic heterocycles. The van der Waals surface area contributed by atoms with Crippen molar-refractivity contribution in [3.05, 3.63) is 23.9 Å². The molecule has 0 unspecified atom stereocenters. The highest BCUT2D eigenvalue weighted by molar-refractivity contribution is 5.92. The number of primary amides is 1. The second-order valence-corrected chi connectivity index (χ2v) is 7.09. The van der Waals surface area contributed by atoms with Crippen molar-refractivity contribution in [1.82, 2.24) is 14.8 Å². The Labute approximate surface area is 149 Å². The third kappa shape index (κ3) is 4.29. The quantitative estimate of drug-likeness (QED) is 0.788. The molecule has 138 valence electrons. The number of piperazine rings is 1. The number of anilines is 1. The van der Waals surface area contributed by atoms with Crippen molar-refractivity contribution < 1.29 is 9.90 Å². The van der Waals surface area contributed by atoms with Gasteiger partial charge in [0.2, 0.25) is 5.91 Å². The number of carbonyl (C=O) groups is 1. The molecule has 0 spiro atoms. The molecule has 0 saturated carbocycles. The Kier molecular flexibility index (Phi) is 5.88. The molecule has 1 amide bonds. The molecule has 0 aromatic carbocycles. The lowest BCUT2D eigenvalue weighted by Gasteiger charge is -2.44. The maximum atomic E-state index is 11.1. The lowest BCUT2D eigenvalue weighted by molar-refractivity contribution is 0.0473. The highest BCUT2D eigenvalue weighted by Crippen LogP contribution is 2.22. The van der Waals surface area contributed by atoms with Crippen molar-refractivity contribution in [3.8, 4) is 0 Å². The molecule has 3 heterocycles. The third-order valence-electron chi connectivity index (χ3n) is 5.57. The van der Waals surface area contributed by atoms with Crippen molar-refractivity contribution in [2.75, 3.05) is 50.8 Å². The zero-order valence-corrected chi connectivity index (χ0v) is 15.0. The SMILES string of the molecule is C[C@H](CO)N1CCN(C2CCN(c3ccc(C(N)=O)cn3)CC2)CC1. The van der Waals surface area contributed by atoms with E-state index in [0.717, 1.165) is 57.9 Å². The van der Waals surface area contributed by atoms with Crippen LogP contribution in [0.15, 0.2) is 18.3 Å². The summed E-state index contributed by atoms with van der Waals surface area (Å²) in [6, 6.07) is 4.53. The summed E-state index contributed by atoms with van der Waals surface area (Å²) in [5.74, 6) is 0.484. The van der Waals surface area contributed by atoms with E-state index in [-0.39, 0.29) is 12.6 Å². The predicted octanol–water partition coefficient (Wildman–Crippen LogP) is 0.148. The lowest BCUT2D eigenvalue weighted by Crippen LogP contribution is -2.55. The van der Waals surface area contributed by atoms with Gasteiger partial charge in [0.25, 0.3) is 0 Å². The number of piperidine rings is 1. The molecule has 7 nitrogen and oxygen atoms in total. The van der Waals surface area contributed by atoms with Crippen molar-refractivity contribution in [1.29, 1.82) is 0 Å². The number of aromatic nitrogens is 1. The first kappa shape index (κ1) is 18.1. The van der Waals surface area contributed by atoms with E-state index >= 15 is 0 Å². The zero-order valence-electron chi connectivity index (χ0n) is 15.0. The van der Waals surface area contributed by atoms with E-state index in [4.69, 9.17) is 5.73 Å². The predicted molar refractivity (Wildman–Crippen MR) is 97.7 cm³/mol. The number of nitrogens with two attached hydrogens (primary N) is 1. The van der Waals surface area contributed by atoms with Crippen LogP contribution in [0.25, 0.3) is 0 Å². The molecule has 3 rings (SSSR count). The number of hydrogen-bond acceptors (Lipinski definition) is 6. The van der Waals surface area contributed by atoms with Crippen LogP contribution in [0, 0.1) is 0 Å². The second-order valence-electron chi connectivity index (χ2n) is 7.09. The van der Waals surface area contributed by atoms with E-state index in [1.54, 1.807) is 12.3 Å². The summed E-state index contributed by atoms with van der Waals surface area (Å²) >= 11 is 0. The van der Waals surface area contributed by atoms with E-state index in [9.17, 15) is 9.90 Å². The smallest absolute Gasteiger partial charge is 0.250 e. The number of nitrogens with zero attached hydrogens (tertiary/aromatic N) is 4. The van der Waals surface area contributed by atoms with Crippen LogP contribution < -0.4 is 10.6 Å². The summed E-state index contributed by atoms with van der Waals surface area (Å²) in [7, 11) is 0. The van der Waals surface area contributed by atoms with Crippen molar-refractivity contribution >= 4 is 11.7 Å². The van der Waals surface area contributed by atoms with Crippen LogP contribution in [-0.2, 0) is 0 Å². The Hall–Kier alpha value is -1.70. The summed E-state index contributed by atoms with van der Waals surface area (Å²) < 4.78 is 0. The minimum absolute atomic E-state index is 0.236. The Morgan fingerprint density at radius 2 is 1.92 bits per heavy atom. The van der Waals surface area contributed by atoms with Crippen LogP contribution in [0.2, 0.25) is 0 Å². The summed E-state index contributed by atoms with van der Waals surface area (Å²) in [5.41, 5.74) is 5.72. The van der Waals surface area contributed by atoms with E-state index in [0.29, 0.717) is 11.6 Å². The maximum absolute atomic E-state index is 11.1. The fourth-order valence-electron chi connectivity index (χ4n) is 3.84. The van der Waals surface area contributed by atoms with Crippen LogP contribution in [-0.4, -0.2) is 83.8 Å². The number of carbonyl (C=O) groups excluding carboxylic acids is 1. The summed E-state index contributed by atoms with van der Waals surface area (Å²) in [4.78, 5) is 22.8. The number of amides is 1. The van der Waals surface area contributed by atoms with Gasteiger partial charge in [-0.3, -0.25) is 14.6 Å². The average Bonchev–Trinajstić information content (AvgIpc) is 2.67. The monoisotopic (exact) mass is 347 g/mol. The van der Waals surface area contributed by atoms with Gasteiger partial charge >= 0.3 is 0 Å². The van der Waals surface area contributed by atoms with Gasteiger partial charge in [0.15, 0.2) is 0 Å². The summed E-state index contributed by atoms with van der Waals surface area (Å²) in [5, 5.41) is 9.29. The zero-order chi connectivity index (χ0) is 17.8. The average molecular weight is 347 g/mol. The molecule has 2 aliphatic rings. The van der Waals surface area contributed by atoms with Crippen molar-refractivity contribution in [2.45, 2.75) is 31.8 Å². The third-order valence-corrected chi connectivity index (χ3v) is 5.57. The lowest BCUT2D eigenvalue weighted by atomic mass is 10.0. The number of rotatable bonds is 5. The number of hydrogen-bond donors (Lipinski definition) is 2. The van der Waals surface area contributed by atoms with Crippen molar-refractivity contribution in [3.63, 3.8) is 0 Å². The fraction of sp³-hybridized carbons (Fsp3) is 0.667. The van der Waals surface area contributed by atoms with Crippen LogP contribution in [0.3, 0.4) is 0 Å². The molecule has 0 bridgehead atoms. The Balaban J connectivity index is 1.48. The molecule has 3 N–H and O–H groups in total. The van der Waals surface area contributed by atoms with Gasteiger partial charge in [-0.2, -0.15) is 0 Å². The molecule has 25 heavy (non-hydrogen) atoms. The first-order valence-electron chi connectivity index (χ1n) is 9.18. The van der Waals surface area contributed by atoms with Gasteiger partial charge < -0.3 is 15.7 Å². The molecular weight excluding hydrogens is 318 g/mol. The number of aliphatic hydroxyl groups excluding tert-OH is 1. The van der Waals surface area contributed by atoms with Gasteiger partial charge in [0.1, 0.15) is 5.82 Å². The molecule has 0 aliphatic carbocycles. The number of pyridine rings is 1. The molecule has 7 heteroatoms. The highest BCUT2D eigenvalue weighted by Gasteiger charge is 2.28. The van der Waals surface area contributed by atoms with E-state index < -0.39 is 5.91 Å². The Morgan fingerprint density at radius 3 is 2.44 bits per heavy atom. The van der Waals surface area contributed by atoms with Gasteiger partial charge in [0, 0.05) is 57.5 Å². The Bertz CT molecular complexity index is 563. The maximum Gasteiger partial charge on any atom is 0.250 e. The standard InChI is InChI=1S/C18H29N5O2/c1-14(13-24)21-8-10-22(11-9-21)16-4-6-23(7-5-16)17-3-2-15(12-20-17)18(19)25/h2-3,12,14,16,24H,4-11,13H2,1H3,(H2,19,25)/t14-/m1/s1. The highest BCUT2D eigenvalue weighted by atomic mass is 16.3. The van der Waals surface area contributed by atoms with Crippen LogP contribution >= 0.6 is 0 Å². The van der Waals surface area contributed by atoms with Crippen LogP contribution in [0.4, 0.5) is 5.82 Å². The first-order valence-corrected chi connectivity index (χ1v) is 9.18. The fourth-order valence-corrected chi connectivity index (χ4v) is 3.84. The first-order chi connectivity index (χ1) is 12.1. The van der Waals surface area contributed by atoms with Crippen molar-refractivity contribution in [2.24, 2.45) is 5.73 Å².